The minimum absolute atomic E-state index is 0.108. The number of benzene rings is 2. The Morgan fingerprint density at radius 2 is 2.15 bits per heavy atom. The second-order valence-corrected chi connectivity index (χ2v) is 7.00. The van der Waals surface area contributed by atoms with Crippen LogP contribution in [0.5, 0.6) is 11.5 Å². The maximum atomic E-state index is 12.7. The molecule has 6 heteroatoms. The number of Topliss-reactive ketones (excluding diaryl/α,β-unsaturated/α-hetero) is 1. The number of aromatic nitrogens is 2. The van der Waals surface area contributed by atoms with Crippen molar-refractivity contribution in [3.63, 3.8) is 0 Å². The van der Waals surface area contributed by atoms with E-state index in [1.807, 2.05) is 36.4 Å². The topological polar surface area (TPSA) is 67.5 Å². The monoisotopic (exact) mass is 349 g/mol. The van der Waals surface area contributed by atoms with Gasteiger partial charge in [-0.15, -0.1) is 0 Å². The van der Waals surface area contributed by atoms with E-state index in [-0.39, 0.29) is 5.78 Å². The maximum Gasteiger partial charge on any atom is 0.203 e. The standard InChI is InChI=1S/C20H19N3O3/c1-25-13-6-7-18-14(10-13)17(24)11-20(26-18)8-9-23(12-20)19-21-15-4-2-3-5-16(15)22-19/h2-7,10H,8-9,11-12H2,1H3,(H,21,22). The summed E-state index contributed by atoms with van der Waals surface area (Å²) >= 11 is 0. The fourth-order valence-corrected chi connectivity index (χ4v) is 3.94. The average Bonchev–Trinajstić information content (AvgIpc) is 3.25. The van der Waals surface area contributed by atoms with Gasteiger partial charge in [0.15, 0.2) is 5.78 Å². The van der Waals surface area contributed by atoms with Gasteiger partial charge in [0.1, 0.15) is 17.1 Å². The number of para-hydroxylation sites is 2. The average molecular weight is 349 g/mol. The summed E-state index contributed by atoms with van der Waals surface area (Å²) in [6.07, 6.45) is 1.17. The van der Waals surface area contributed by atoms with Crippen LogP contribution in [0.15, 0.2) is 42.5 Å². The van der Waals surface area contributed by atoms with Gasteiger partial charge in [0.25, 0.3) is 0 Å². The van der Waals surface area contributed by atoms with Gasteiger partial charge < -0.3 is 19.4 Å². The zero-order chi connectivity index (χ0) is 17.7. The Bertz CT molecular complexity index is 979. The number of methoxy groups -OCH3 is 1. The highest BCUT2D eigenvalue weighted by Gasteiger charge is 2.46. The van der Waals surface area contributed by atoms with Crippen LogP contribution in [0.1, 0.15) is 23.2 Å². The van der Waals surface area contributed by atoms with Gasteiger partial charge >= 0.3 is 0 Å². The molecule has 6 nitrogen and oxygen atoms in total. The largest absolute Gasteiger partial charge is 0.497 e. The number of aromatic amines is 1. The fourth-order valence-electron chi connectivity index (χ4n) is 3.94. The number of H-pyrrole nitrogens is 1. The molecule has 1 spiro atoms. The van der Waals surface area contributed by atoms with E-state index in [4.69, 9.17) is 9.47 Å². The summed E-state index contributed by atoms with van der Waals surface area (Å²) in [5.74, 6) is 2.26. The highest BCUT2D eigenvalue weighted by Crippen LogP contribution is 2.40. The molecule has 3 aromatic rings. The molecular formula is C20H19N3O3. The van der Waals surface area contributed by atoms with E-state index in [0.717, 1.165) is 29.9 Å². The molecule has 0 radical (unpaired) electrons. The highest BCUT2D eigenvalue weighted by atomic mass is 16.5. The molecule has 1 atom stereocenters. The molecule has 2 aromatic carbocycles. The summed E-state index contributed by atoms with van der Waals surface area (Å²) in [6.45, 7) is 1.45. The summed E-state index contributed by atoms with van der Waals surface area (Å²) in [5.41, 5.74) is 2.08. The zero-order valence-corrected chi connectivity index (χ0v) is 14.5. The van der Waals surface area contributed by atoms with E-state index in [1.165, 1.54) is 0 Å². The molecule has 2 aliphatic heterocycles. The molecule has 0 aliphatic carbocycles. The number of carbonyl (C=O) groups excluding carboxylic acids is 1. The predicted octanol–water partition coefficient (Wildman–Crippen LogP) is 3.19. The molecule has 1 saturated heterocycles. The highest BCUT2D eigenvalue weighted by molar-refractivity contribution is 6.01. The number of fused-ring (bicyclic) bond motifs is 2. The van der Waals surface area contributed by atoms with Crippen LogP contribution in [0.4, 0.5) is 5.95 Å². The lowest BCUT2D eigenvalue weighted by atomic mass is 9.89. The summed E-state index contributed by atoms with van der Waals surface area (Å²) in [5, 5.41) is 0. The Labute approximate surface area is 150 Å². The van der Waals surface area contributed by atoms with Crippen LogP contribution in [-0.2, 0) is 0 Å². The summed E-state index contributed by atoms with van der Waals surface area (Å²) in [6, 6.07) is 13.4. The molecule has 1 unspecified atom stereocenters. The second kappa shape index (κ2) is 5.49. The first-order valence-corrected chi connectivity index (χ1v) is 8.76. The van der Waals surface area contributed by atoms with E-state index >= 15 is 0 Å². The first-order valence-electron chi connectivity index (χ1n) is 8.76. The lowest BCUT2D eigenvalue weighted by Gasteiger charge is -2.34. The Kier molecular flexibility index (Phi) is 3.22. The van der Waals surface area contributed by atoms with Gasteiger partial charge in [-0.3, -0.25) is 4.79 Å². The van der Waals surface area contributed by atoms with Gasteiger partial charge in [-0.2, -0.15) is 0 Å². The Morgan fingerprint density at radius 1 is 1.27 bits per heavy atom. The third-order valence-corrected chi connectivity index (χ3v) is 5.29. The van der Waals surface area contributed by atoms with E-state index in [1.54, 1.807) is 13.2 Å². The van der Waals surface area contributed by atoms with Crippen molar-refractivity contribution < 1.29 is 14.3 Å². The summed E-state index contributed by atoms with van der Waals surface area (Å²) in [7, 11) is 1.60. The first-order chi connectivity index (χ1) is 12.7. The molecule has 26 heavy (non-hydrogen) atoms. The molecule has 0 saturated carbocycles. The minimum atomic E-state index is -0.488. The van der Waals surface area contributed by atoms with Gasteiger partial charge in [0, 0.05) is 13.0 Å². The normalized spacial score (nSPS) is 21.9. The van der Waals surface area contributed by atoms with Crippen molar-refractivity contribution in [3.05, 3.63) is 48.0 Å². The molecule has 0 bridgehead atoms. The van der Waals surface area contributed by atoms with E-state index in [9.17, 15) is 4.79 Å². The smallest absolute Gasteiger partial charge is 0.203 e. The SMILES string of the molecule is COc1ccc2c(c1)C(=O)CC1(CCN(c3nc4ccccc4[nH]3)C1)O2. The molecule has 132 valence electrons. The third-order valence-electron chi connectivity index (χ3n) is 5.29. The number of carbonyl (C=O) groups is 1. The van der Waals surface area contributed by atoms with Gasteiger partial charge in [0.2, 0.25) is 5.95 Å². The van der Waals surface area contributed by atoms with Crippen LogP contribution in [0.25, 0.3) is 11.0 Å². The van der Waals surface area contributed by atoms with E-state index in [2.05, 4.69) is 14.9 Å². The summed E-state index contributed by atoms with van der Waals surface area (Å²) < 4.78 is 11.5. The lowest BCUT2D eigenvalue weighted by Crippen LogP contribution is -2.44. The van der Waals surface area contributed by atoms with Gasteiger partial charge in [-0.25, -0.2) is 4.98 Å². The van der Waals surface area contributed by atoms with Crippen LogP contribution in [-0.4, -0.2) is 41.6 Å². The van der Waals surface area contributed by atoms with Crippen molar-refractivity contribution in [2.75, 3.05) is 25.1 Å². The van der Waals surface area contributed by atoms with Crippen LogP contribution in [0, 0.1) is 0 Å². The van der Waals surface area contributed by atoms with Crippen LogP contribution in [0.2, 0.25) is 0 Å². The van der Waals surface area contributed by atoms with Crippen molar-refractivity contribution >= 4 is 22.8 Å². The number of hydrogen-bond donors (Lipinski definition) is 1. The molecule has 3 heterocycles. The first kappa shape index (κ1) is 15.3. The quantitative estimate of drug-likeness (QED) is 0.770. The number of anilines is 1. The Balaban J connectivity index is 1.43. The van der Waals surface area contributed by atoms with Gasteiger partial charge in [-0.1, -0.05) is 12.1 Å². The molecule has 0 amide bonds. The molecular weight excluding hydrogens is 330 g/mol. The number of ether oxygens (including phenoxy) is 2. The van der Waals surface area contributed by atoms with Crippen LogP contribution < -0.4 is 14.4 Å². The van der Waals surface area contributed by atoms with E-state index < -0.39 is 5.60 Å². The van der Waals surface area contributed by atoms with Crippen LogP contribution >= 0.6 is 0 Å². The van der Waals surface area contributed by atoms with Crippen LogP contribution in [0.3, 0.4) is 0 Å². The number of imidazole rings is 1. The number of hydrogen-bond acceptors (Lipinski definition) is 5. The van der Waals surface area contributed by atoms with Crippen molar-refractivity contribution in [1.82, 2.24) is 9.97 Å². The number of rotatable bonds is 2. The molecule has 5 rings (SSSR count). The second-order valence-electron chi connectivity index (χ2n) is 7.00. The number of nitrogens with zero attached hydrogens (tertiary/aromatic N) is 2. The van der Waals surface area contributed by atoms with Crippen molar-refractivity contribution in [3.8, 4) is 11.5 Å². The molecule has 2 aliphatic rings. The molecule has 1 fully saturated rings. The van der Waals surface area contributed by atoms with Crippen molar-refractivity contribution in [1.29, 1.82) is 0 Å². The number of nitrogens with one attached hydrogen (secondary N) is 1. The Hall–Kier alpha value is -3.02. The van der Waals surface area contributed by atoms with Crippen molar-refractivity contribution in [2.24, 2.45) is 0 Å². The predicted molar refractivity (Wildman–Crippen MR) is 98.2 cm³/mol. The third kappa shape index (κ3) is 2.33. The minimum Gasteiger partial charge on any atom is -0.497 e. The summed E-state index contributed by atoms with van der Waals surface area (Å²) in [4.78, 5) is 22.9. The number of ketones is 1. The maximum absolute atomic E-state index is 12.7. The van der Waals surface area contributed by atoms with Crippen molar-refractivity contribution in [2.45, 2.75) is 18.4 Å². The van der Waals surface area contributed by atoms with Gasteiger partial charge in [-0.05, 0) is 30.3 Å². The molecule has 1 aromatic heterocycles. The zero-order valence-electron chi connectivity index (χ0n) is 14.5. The van der Waals surface area contributed by atoms with Gasteiger partial charge in [0.05, 0.1) is 36.7 Å². The molecule has 1 N–H and O–H groups in total. The van der Waals surface area contributed by atoms with E-state index in [0.29, 0.717) is 30.0 Å². The lowest BCUT2D eigenvalue weighted by molar-refractivity contribution is 0.0537. The Morgan fingerprint density at radius 3 is 3.00 bits per heavy atom. The fraction of sp³-hybridized carbons (Fsp3) is 0.300.